The number of thioether (sulfide) groups is 1. The Hall–Kier alpha value is -1.94. The molecule has 0 aromatic heterocycles. The van der Waals surface area contributed by atoms with E-state index in [1.807, 2.05) is 43.0 Å². The van der Waals surface area contributed by atoms with Crippen LogP contribution in [-0.2, 0) is 4.79 Å². The van der Waals surface area contributed by atoms with Crippen molar-refractivity contribution >= 4 is 29.0 Å². The van der Waals surface area contributed by atoms with E-state index in [1.165, 1.54) is 0 Å². The average Bonchev–Trinajstić information content (AvgIpc) is 2.83. The molecule has 0 aliphatic carbocycles. The molecule has 1 amide bonds. The predicted octanol–water partition coefficient (Wildman–Crippen LogP) is 3.66. The number of rotatable bonds is 2. The van der Waals surface area contributed by atoms with Gasteiger partial charge in [0.15, 0.2) is 0 Å². The van der Waals surface area contributed by atoms with Gasteiger partial charge >= 0.3 is 0 Å². The number of anilines is 2. The normalized spacial score (nSPS) is 18.3. The van der Waals surface area contributed by atoms with E-state index in [0.29, 0.717) is 5.75 Å². The topological polar surface area (TPSA) is 46.3 Å². The molecule has 4 heteroatoms. The summed E-state index contributed by atoms with van der Waals surface area (Å²) in [7, 11) is 0. The molecule has 0 bridgehead atoms. The first-order chi connectivity index (χ1) is 10.1. The van der Waals surface area contributed by atoms with Crippen molar-refractivity contribution in [3.8, 4) is 0 Å². The van der Waals surface area contributed by atoms with Crippen LogP contribution >= 0.6 is 11.8 Å². The van der Waals surface area contributed by atoms with Gasteiger partial charge in [-0.1, -0.05) is 24.3 Å². The summed E-state index contributed by atoms with van der Waals surface area (Å²) in [5.74, 6) is 0.661. The zero-order valence-electron chi connectivity index (χ0n) is 12.2. The zero-order valence-corrected chi connectivity index (χ0v) is 13.0. The minimum absolute atomic E-state index is 0.00139. The lowest BCUT2D eigenvalue weighted by Crippen LogP contribution is -2.28. The fraction of sp³-hybridized carbons (Fsp3) is 0.235. The maximum Gasteiger partial charge on any atom is 0.238 e. The number of nitrogen functional groups attached to an aromatic ring is 1. The third kappa shape index (κ3) is 2.63. The Morgan fingerprint density at radius 1 is 1.19 bits per heavy atom. The molecule has 2 aromatic carbocycles. The van der Waals surface area contributed by atoms with Gasteiger partial charge in [-0.25, -0.2) is 0 Å². The molecule has 21 heavy (non-hydrogen) atoms. The lowest BCUT2D eigenvalue weighted by Gasteiger charge is -2.26. The number of nitrogens with zero attached hydrogens (tertiary/aromatic N) is 1. The number of carbonyl (C=O) groups is 1. The molecular weight excluding hydrogens is 280 g/mol. The lowest BCUT2D eigenvalue weighted by molar-refractivity contribution is -0.115. The minimum atomic E-state index is 0.00139. The highest BCUT2D eigenvalue weighted by molar-refractivity contribution is 8.00. The summed E-state index contributed by atoms with van der Waals surface area (Å²) < 4.78 is 0. The summed E-state index contributed by atoms with van der Waals surface area (Å²) in [5, 5.41) is 0.00139. The zero-order chi connectivity index (χ0) is 15.0. The number of carbonyl (C=O) groups excluding carboxylic acids is 1. The Labute approximate surface area is 129 Å². The van der Waals surface area contributed by atoms with Crippen LogP contribution in [0.2, 0.25) is 0 Å². The molecule has 3 rings (SSSR count). The third-order valence-electron chi connectivity index (χ3n) is 3.69. The van der Waals surface area contributed by atoms with E-state index in [4.69, 9.17) is 5.73 Å². The highest BCUT2D eigenvalue weighted by Crippen LogP contribution is 2.43. The standard InChI is InChI=1S/C17H18N2OS/c1-11-6-7-12(2)15(8-11)19-16(20)10-21-17(19)13-4-3-5-14(18)9-13/h3-9,17H,10,18H2,1-2H3/t17-/m0/s1. The Morgan fingerprint density at radius 3 is 2.76 bits per heavy atom. The van der Waals surface area contributed by atoms with Gasteiger partial charge in [-0.05, 0) is 48.7 Å². The van der Waals surface area contributed by atoms with Crippen LogP contribution in [0.3, 0.4) is 0 Å². The van der Waals surface area contributed by atoms with E-state index in [0.717, 1.165) is 28.1 Å². The van der Waals surface area contributed by atoms with Crippen molar-refractivity contribution in [1.29, 1.82) is 0 Å². The largest absolute Gasteiger partial charge is 0.399 e. The average molecular weight is 298 g/mol. The van der Waals surface area contributed by atoms with Crippen molar-refractivity contribution in [2.45, 2.75) is 19.2 Å². The molecule has 1 saturated heterocycles. The first-order valence-electron chi connectivity index (χ1n) is 6.92. The molecule has 0 unspecified atom stereocenters. The summed E-state index contributed by atoms with van der Waals surface area (Å²) in [4.78, 5) is 14.3. The van der Waals surface area contributed by atoms with Gasteiger partial charge in [0, 0.05) is 11.4 Å². The predicted molar refractivity (Wildman–Crippen MR) is 89.5 cm³/mol. The summed E-state index contributed by atoms with van der Waals surface area (Å²) in [6, 6.07) is 14.0. The lowest BCUT2D eigenvalue weighted by atomic mass is 10.1. The van der Waals surface area contributed by atoms with Crippen LogP contribution < -0.4 is 10.6 Å². The van der Waals surface area contributed by atoms with E-state index < -0.39 is 0 Å². The minimum Gasteiger partial charge on any atom is -0.399 e. The van der Waals surface area contributed by atoms with Gasteiger partial charge in [-0.2, -0.15) is 0 Å². The number of hydrogen-bond acceptors (Lipinski definition) is 3. The molecule has 0 saturated carbocycles. The molecule has 1 fully saturated rings. The van der Waals surface area contributed by atoms with Gasteiger partial charge in [0.05, 0.1) is 5.75 Å². The Kier molecular flexibility index (Phi) is 3.64. The van der Waals surface area contributed by atoms with E-state index in [-0.39, 0.29) is 11.3 Å². The number of aryl methyl sites for hydroxylation is 2. The molecular formula is C17H18N2OS. The van der Waals surface area contributed by atoms with Gasteiger partial charge < -0.3 is 5.73 Å². The van der Waals surface area contributed by atoms with Crippen molar-refractivity contribution < 1.29 is 4.79 Å². The monoisotopic (exact) mass is 298 g/mol. The molecule has 2 aromatic rings. The molecule has 1 aliphatic rings. The molecule has 2 N–H and O–H groups in total. The maximum atomic E-state index is 12.4. The second-order valence-electron chi connectivity index (χ2n) is 5.39. The molecule has 108 valence electrons. The van der Waals surface area contributed by atoms with Crippen LogP contribution in [-0.4, -0.2) is 11.7 Å². The van der Waals surface area contributed by atoms with Crippen LogP contribution in [0.25, 0.3) is 0 Å². The van der Waals surface area contributed by atoms with Crippen LogP contribution in [0.1, 0.15) is 22.1 Å². The van der Waals surface area contributed by atoms with Crippen LogP contribution in [0.15, 0.2) is 42.5 Å². The van der Waals surface area contributed by atoms with Crippen molar-refractivity contribution in [2.24, 2.45) is 0 Å². The number of benzene rings is 2. The van der Waals surface area contributed by atoms with E-state index in [9.17, 15) is 4.79 Å². The van der Waals surface area contributed by atoms with E-state index >= 15 is 0 Å². The second-order valence-corrected chi connectivity index (χ2v) is 6.46. The van der Waals surface area contributed by atoms with E-state index in [1.54, 1.807) is 11.8 Å². The highest BCUT2D eigenvalue weighted by Gasteiger charge is 2.34. The van der Waals surface area contributed by atoms with Crippen molar-refractivity contribution in [3.63, 3.8) is 0 Å². The smallest absolute Gasteiger partial charge is 0.238 e. The first-order valence-corrected chi connectivity index (χ1v) is 7.97. The van der Waals surface area contributed by atoms with Gasteiger partial charge in [-0.3, -0.25) is 9.69 Å². The second kappa shape index (κ2) is 5.45. The highest BCUT2D eigenvalue weighted by atomic mass is 32.2. The Bertz CT molecular complexity index is 699. The molecule has 0 spiro atoms. The van der Waals surface area contributed by atoms with E-state index in [2.05, 4.69) is 18.2 Å². The number of hydrogen-bond donors (Lipinski definition) is 1. The SMILES string of the molecule is Cc1ccc(C)c(N2C(=O)CS[C@H]2c2cccc(N)c2)c1. The van der Waals surface area contributed by atoms with Crippen molar-refractivity contribution in [3.05, 3.63) is 59.2 Å². The Balaban J connectivity index is 2.06. The molecule has 1 aliphatic heterocycles. The molecule has 1 atom stereocenters. The number of nitrogens with two attached hydrogens (primary N) is 1. The van der Waals surface area contributed by atoms with Gasteiger partial charge in [0.1, 0.15) is 5.37 Å². The molecule has 1 heterocycles. The summed E-state index contributed by atoms with van der Waals surface area (Å²) in [6.07, 6.45) is 0. The van der Waals surface area contributed by atoms with Crippen molar-refractivity contribution in [2.75, 3.05) is 16.4 Å². The fourth-order valence-electron chi connectivity index (χ4n) is 2.62. The maximum absolute atomic E-state index is 12.4. The third-order valence-corrected chi connectivity index (χ3v) is 4.90. The summed E-state index contributed by atoms with van der Waals surface area (Å²) in [5.41, 5.74) is 11.0. The molecule has 3 nitrogen and oxygen atoms in total. The van der Waals surface area contributed by atoms with Gasteiger partial charge in [0.2, 0.25) is 5.91 Å². The Morgan fingerprint density at radius 2 is 2.00 bits per heavy atom. The van der Waals surface area contributed by atoms with Crippen LogP contribution in [0, 0.1) is 13.8 Å². The van der Waals surface area contributed by atoms with Gasteiger partial charge in [-0.15, -0.1) is 11.8 Å². The van der Waals surface area contributed by atoms with Crippen LogP contribution in [0.5, 0.6) is 0 Å². The summed E-state index contributed by atoms with van der Waals surface area (Å²) >= 11 is 1.65. The fourth-order valence-corrected chi connectivity index (χ4v) is 3.78. The van der Waals surface area contributed by atoms with Crippen molar-refractivity contribution in [1.82, 2.24) is 0 Å². The molecule has 0 radical (unpaired) electrons. The summed E-state index contributed by atoms with van der Waals surface area (Å²) in [6.45, 7) is 4.09. The van der Waals surface area contributed by atoms with Gasteiger partial charge in [0.25, 0.3) is 0 Å². The van der Waals surface area contributed by atoms with Crippen LogP contribution in [0.4, 0.5) is 11.4 Å². The quantitative estimate of drug-likeness (QED) is 0.861. The number of amides is 1. The first kappa shape index (κ1) is 14.0.